The molecule has 290 valence electrons. The van der Waals surface area contributed by atoms with Crippen LogP contribution in [0.4, 0.5) is 0 Å². The molecular formula is C58H37N3Se. The fourth-order valence-corrected chi connectivity index (χ4v) is 12.2. The van der Waals surface area contributed by atoms with E-state index in [2.05, 4.69) is 224 Å². The van der Waals surface area contributed by atoms with Crippen molar-refractivity contribution >= 4 is 33.8 Å². The molecule has 2 heterocycles. The zero-order chi connectivity index (χ0) is 41.0. The van der Waals surface area contributed by atoms with E-state index in [9.17, 15) is 0 Å². The van der Waals surface area contributed by atoms with Gasteiger partial charge in [-0.2, -0.15) is 0 Å². The normalized spacial score (nSPS) is 12.6. The molecule has 0 aliphatic heterocycles. The first-order valence-corrected chi connectivity index (χ1v) is 22.7. The summed E-state index contributed by atoms with van der Waals surface area (Å²) in [5, 5.41) is 2.57. The van der Waals surface area contributed by atoms with Crippen molar-refractivity contribution in [1.29, 1.82) is 0 Å². The second-order valence-electron chi connectivity index (χ2n) is 15.9. The van der Waals surface area contributed by atoms with Gasteiger partial charge in [-0.15, -0.1) is 0 Å². The maximum atomic E-state index is 5.53. The van der Waals surface area contributed by atoms with Crippen LogP contribution >= 0.6 is 0 Å². The van der Waals surface area contributed by atoms with Crippen molar-refractivity contribution < 1.29 is 0 Å². The summed E-state index contributed by atoms with van der Waals surface area (Å²) in [7, 11) is 0. The fraction of sp³-hybridized carbons (Fsp3) is 0.0172. The van der Waals surface area contributed by atoms with Crippen molar-refractivity contribution in [3.8, 4) is 67.5 Å². The van der Waals surface area contributed by atoms with E-state index in [-0.39, 0.29) is 14.5 Å². The van der Waals surface area contributed by atoms with Gasteiger partial charge in [0.15, 0.2) is 0 Å². The van der Waals surface area contributed by atoms with Crippen LogP contribution in [0, 0.1) is 0 Å². The van der Waals surface area contributed by atoms with Gasteiger partial charge in [0.25, 0.3) is 0 Å². The van der Waals surface area contributed by atoms with E-state index in [1.54, 1.807) is 0 Å². The van der Waals surface area contributed by atoms with Crippen LogP contribution in [0.5, 0.6) is 0 Å². The Kier molecular flexibility index (Phi) is 8.74. The Balaban J connectivity index is 1.16. The van der Waals surface area contributed by atoms with Crippen molar-refractivity contribution in [2.24, 2.45) is 0 Å². The number of aromatic nitrogens is 3. The molecule has 12 rings (SSSR count). The molecule has 0 unspecified atom stereocenters. The van der Waals surface area contributed by atoms with Gasteiger partial charge in [-0.05, 0) is 0 Å². The minimum absolute atomic E-state index is 0.0983. The maximum absolute atomic E-state index is 5.53. The Hall–Kier alpha value is -7.49. The third-order valence-corrected chi connectivity index (χ3v) is 15.0. The SMILES string of the molecule is c1ccc(-c2cc(-c3ccccc3)cc(-c3nc(-c4cccc5c4-c4ccccc4C5(c4ccccc4)c4ccccc4)nc(-c4cccc5c4[se]c4ccccc45)n3)c2)cc1. The molecule has 1 aliphatic rings. The van der Waals surface area contributed by atoms with Crippen molar-refractivity contribution in [2.75, 3.05) is 0 Å². The second kappa shape index (κ2) is 14.9. The Morgan fingerprint density at radius 2 is 0.790 bits per heavy atom. The molecule has 11 aromatic rings. The molecule has 0 amide bonds. The molecule has 0 saturated carbocycles. The monoisotopic (exact) mass is 855 g/mol. The molecular weight excluding hydrogens is 818 g/mol. The van der Waals surface area contributed by atoms with E-state index in [1.807, 2.05) is 0 Å². The molecule has 0 spiro atoms. The van der Waals surface area contributed by atoms with Gasteiger partial charge in [0.1, 0.15) is 0 Å². The molecule has 3 nitrogen and oxygen atoms in total. The van der Waals surface area contributed by atoms with Crippen LogP contribution in [0.3, 0.4) is 0 Å². The molecule has 9 aromatic carbocycles. The van der Waals surface area contributed by atoms with Crippen LogP contribution < -0.4 is 0 Å². The van der Waals surface area contributed by atoms with Gasteiger partial charge in [0.05, 0.1) is 0 Å². The van der Waals surface area contributed by atoms with Crippen LogP contribution in [0.2, 0.25) is 0 Å². The number of fused-ring (bicyclic) bond motifs is 6. The van der Waals surface area contributed by atoms with Gasteiger partial charge < -0.3 is 0 Å². The van der Waals surface area contributed by atoms with Crippen molar-refractivity contribution in [1.82, 2.24) is 15.0 Å². The van der Waals surface area contributed by atoms with Gasteiger partial charge in [0, 0.05) is 0 Å². The molecule has 62 heavy (non-hydrogen) atoms. The summed E-state index contributed by atoms with van der Waals surface area (Å²) in [4.78, 5) is 16.5. The van der Waals surface area contributed by atoms with E-state index in [1.165, 1.54) is 47.1 Å². The average molecular weight is 855 g/mol. The minimum atomic E-state index is -0.549. The Morgan fingerprint density at radius 1 is 0.323 bits per heavy atom. The fourth-order valence-electron chi connectivity index (χ4n) is 9.70. The molecule has 2 aromatic heterocycles. The third-order valence-electron chi connectivity index (χ3n) is 12.4. The summed E-state index contributed by atoms with van der Waals surface area (Å²) >= 11 is 0.0983. The Labute approximate surface area is 366 Å². The zero-order valence-electron chi connectivity index (χ0n) is 33.6. The van der Waals surface area contributed by atoms with Gasteiger partial charge in [-0.3, -0.25) is 0 Å². The van der Waals surface area contributed by atoms with Gasteiger partial charge in [0.2, 0.25) is 0 Å². The third kappa shape index (κ3) is 5.84. The predicted octanol–water partition coefficient (Wildman–Crippen LogP) is 13.9. The van der Waals surface area contributed by atoms with Crippen LogP contribution in [0.1, 0.15) is 22.3 Å². The number of benzene rings is 9. The molecule has 0 saturated heterocycles. The predicted molar refractivity (Wildman–Crippen MR) is 256 cm³/mol. The Morgan fingerprint density at radius 3 is 1.47 bits per heavy atom. The van der Waals surface area contributed by atoms with Crippen molar-refractivity contribution in [3.63, 3.8) is 0 Å². The number of hydrogen-bond acceptors (Lipinski definition) is 3. The van der Waals surface area contributed by atoms with Crippen LogP contribution in [0.15, 0.2) is 224 Å². The zero-order valence-corrected chi connectivity index (χ0v) is 35.3. The van der Waals surface area contributed by atoms with E-state index in [0.717, 1.165) is 44.5 Å². The van der Waals surface area contributed by atoms with Crippen molar-refractivity contribution in [3.05, 3.63) is 247 Å². The summed E-state index contributed by atoms with van der Waals surface area (Å²) in [6.07, 6.45) is 0. The molecule has 0 bridgehead atoms. The molecule has 0 N–H and O–H groups in total. The van der Waals surface area contributed by atoms with E-state index in [0.29, 0.717) is 17.5 Å². The van der Waals surface area contributed by atoms with Gasteiger partial charge in [-0.1, -0.05) is 12.1 Å². The van der Waals surface area contributed by atoms with E-state index < -0.39 is 5.41 Å². The quantitative estimate of drug-likeness (QED) is 0.150. The second-order valence-corrected chi connectivity index (χ2v) is 18.1. The first kappa shape index (κ1) is 36.4. The van der Waals surface area contributed by atoms with E-state index >= 15 is 0 Å². The number of hydrogen-bond donors (Lipinski definition) is 0. The Bertz CT molecular complexity index is 3350. The topological polar surface area (TPSA) is 38.7 Å². The summed E-state index contributed by atoms with van der Waals surface area (Å²) in [6, 6.07) is 80.8. The van der Waals surface area contributed by atoms with Crippen molar-refractivity contribution in [2.45, 2.75) is 5.41 Å². The first-order valence-electron chi connectivity index (χ1n) is 21.0. The van der Waals surface area contributed by atoms with Crippen LogP contribution in [-0.4, -0.2) is 29.5 Å². The van der Waals surface area contributed by atoms with Gasteiger partial charge >= 0.3 is 356 Å². The number of nitrogens with zero attached hydrogens (tertiary/aromatic N) is 3. The van der Waals surface area contributed by atoms with Gasteiger partial charge in [-0.25, -0.2) is 0 Å². The summed E-state index contributed by atoms with van der Waals surface area (Å²) in [6.45, 7) is 0. The summed E-state index contributed by atoms with van der Waals surface area (Å²) in [5.41, 5.74) is 14.2. The van der Waals surface area contributed by atoms with Crippen LogP contribution in [0.25, 0.3) is 86.8 Å². The molecule has 1 aliphatic carbocycles. The van der Waals surface area contributed by atoms with E-state index in [4.69, 9.17) is 15.0 Å². The molecule has 0 radical (unpaired) electrons. The average Bonchev–Trinajstić information content (AvgIpc) is 3.89. The standard InChI is InChI=1S/C58H37N3Se/c1-5-19-38(20-6-1)40-35-41(39-21-7-2-8-22-39)37-42(36-40)55-59-56(61-57(60-55)49-31-17-29-46-45-27-14-16-34-52(45)62-54(46)49)48-30-18-33-51-53(48)47-28-13-15-32-50(47)58(51,43-23-9-3-10-24-43)44-25-11-4-12-26-44/h1-37H. The molecule has 0 atom stereocenters. The molecule has 0 fully saturated rings. The molecule has 4 heteroatoms. The summed E-state index contributed by atoms with van der Waals surface area (Å²) in [5.74, 6) is 1.98. The number of rotatable bonds is 7. The summed E-state index contributed by atoms with van der Waals surface area (Å²) < 4.78 is 2.69. The van der Waals surface area contributed by atoms with Crippen LogP contribution in [-0.2, 0) is 5.41 Å². The first-order chi connectivity index (χ1) is 30.7.